The number of aromatic nitrogens is 1. The lowest BCUT2D eigenvalue weighted by Crippen LogP contribution is -2.11. The van der Waals surface area contributed by atoms with Crippen LogP contribution in [0.2, 0.25) is 0 Å². The minimum absolute atomic E-state index is 0.0829. The van der Waals surface area contributed by atoms with Crippen molar-refractivity contribution >= 4 is 11.7 Å². The largest absolute Gasteiger partial charge is 0.462 e. The molecule has 0 aliphatic heterocycles. The topological polar surface area (TPSA) is 65.2 Å². The summed E-state index contributed by atoms with van der Waals surface area (Å²) in [5, 5.41) is 0. The maximum atomic E-state index is 13.4. The first-order chi connectivity index (χ1) is 9.58. The number of anilines is 1. The van der Waals surface area contributed by atoms with Crippen LogP contribution < -0.4 is 5.73 Å². The van der Waals surface area contributed by atoms with Gasteiger partial charge >= 0.3 is 5.97 Å². The van der Waals surface area contributed by atoms with E-state index in [4.69, 9.17) is 10.5 Å². The average molecular weight is 278 g/mol. The van der Waals surface area contributed by atoms with Crippen LogP contribution in [0.25, 0.3) is 0 Å². The second-order valence-electron chi connectivity index (χ2n) is 4.09. The van der Waals surface area contributed by atoms with E-state index in [1.165, 1.54) is 0 Å². The van der Waals surface area contributed by atoms with Crippen LogP contribution in [0.1, 0.15) is 15.9 Å². The van der Waals surface area contributed by atoms with Crippen LogP contribution in [0.15, 0.2) is 36.7 Å². The smallest absolute Gasteiger partial charge is 0.341 e. The molecule has 2 rings (SSSR count). The molecule has 0 atom stereocenters. The fourth-order valence-electron chi connectivity index (χ4n) is 1.61. The van der Waals surface area contributed by atoms with Gasteiger partial charge in [0.1, 0.15) is 11.6 Å². The molecule has 0 amide bonds. The van der Waals surface area contributed by atoms with Crippen molar-refractivity contribution in [3.05, 3.63) is 59.4 Å². The zero-order valence-corrected chi connectivity index (χ0v) is 10.5. The summed E-state index contributed by atoms with van der Waals surface area (Å²) in [5.41, 5.74) is 5.55. The van der Waals surface area contributed by atoms with Gasteiger partial charge < -0.3 is 10.5 Å². The van der Waals surface area contributed by atoms with Crippen molar-refractivity contribution in [2.24, 2.45) is 0 Å². The molecule has 0 bridgehead atoms. The molecule has 4 nitrogen and oxygen atoms in total. The summed E-state index contributed by atoms with van der Waals surface area (Å²) in [6, 6.07) is 5.06. The Morgan fingerprint density at radius 3 is 2.60 bits per heavy atom. The summed E-state index contributed by atoms with van der Waals surface area (Å²) >= 11 is 0. The second-order valence-corrected chi connectivity index (χ2v) is 4.09. The number of nitrogens with two attached hydrogens (primary N) is 1. The normalized spacial score (nSPS) is 10.3. The molecule has 6 heteroatoms. The fraction of sp³-hybridized carbons (Fsp3) is 0.143. The Hall–Kier alpha value is -2.50. The number of hydrogen-bond acceptors (Lipinski definition) is 4. The number of nitrogens with zero attached hydrogens (tertiary/aromatic N) is 1. The SMILES string of the molecule is Nc1cc(C(=O)OCCc2ccncc2)c(F)cc1F. The van der Waals surface area contributed by atoms with Gasteiger partial charge in [0.2, 0.25) is 0 Å². The van der Waals surface area contributed by atoms with E-state index >= 15 is 0 Å². The third-order valence-electron chi connectivity index (χ3n) is 2.68. The van der Waals surface area contributed by atoms with E-state index in [0.717, 1.165) is 11.6 Å². The maximum Gasteiger partial charge on any atom is 0.341 e. The number of carbonyl (C=O) groups excluding carboxylic acids is 1. The summed E-state index contributed by atoms with van der Waals surface area (Å²) in [7, 11) is 0. The Labute approximate surface area is 114 Å². The molecule has 0 aliphatic rings. The molecule has 104 valence electrons. The van der Waals surface area contributed by atoms with Crippen molar-refractivity contribution in [1.29, 1.82) is 0 Å². The van der Waals surface area contributed by atoms with Gasteiger partial charge in [0, 0.05) is 24.9 Å². The Balaban J connectivity index is 1.97. The van der Waals surface area contributed by atoms with Gasteiger partial charge in [0.05, 0.1) is 17.9 Å². The van der Waals surface area contributed by atoms with E-state index in [-0.39, 0.29) is 17.9 Å². The Morgan fingerprint density at radius 1 is 1.20 bits per heavy atom. The van der Waals surface area contributed by atoms with Crippen molar-refractivity contribution in [2.75, 3.05) is 12.3 Å². The number of carbonyl (C=O) groups is 1. The van der Waals surface area contributed by atoms with E-state index in [1.807, 2.05) is 0 Å². The Kier molecular flexibility index (Phi) is 4.24. The molecule has 0 fully saturated rings. The van der Waals surface area contributed by atoms with Gasteiger partial charge in [0.25, 0.3) is 0 Å². The molecule has 0 radical (unpaired) electrons. The molecular weight excluding hydrogens is 266 g/mol. The fourth-order valence-corrected chi connectivity index (χ4v) is 1.61. The summed E-state index contributed by atoms with van der Waals surface area (Å²) in [4.78, 5) is 15.5. The highest BCUT2D eigenvalue weighted by Crippen LogP contribution is 2.17. The average Bonchev–Trinajstić information content (AvgIpc) is 2.44. The third kappa shape index (κ3) is 3.28. The van der Waals surface area contributed by atoms with Gasteiger partial charge in [-0.15, -0.1) is 0 Å². The van der Waals surface area contributed by atoms with Crippen LogP contribution in [-0.4, -0.2) is 17.6 Å². The van der Waals surface area contributed by atoms with Crippen molar-refractivity contribution < 1.29 is 18.3 Å². The molecule has 1 aromatic heterocycles. The molecule has 2 N–H and O–H groups in total. The standard InChI is InChI=1S/C14H12F2N2O2/c15-11-8-12(16)13(17)7-10(11)14(19)20-6-3-9-1-4-18-5-2-9/h1-2,4-5,7-8H,3,6,17H2. The van der Waals surface area contributed by atoms with Crippen LogP contribution in [0, 0.1) is 11.6 Å². The van der Waals surface area contributed by atoms with Crippen LogP contribution >= 0.6 is 0 Å². The minimum Gasteiger partial charge on any atom is -0.462 e. The predicted octanol–water partition coefficient (Wildman–Crippen LogP) is 2.34. The van der Waals surface area contributed by atoms with Gasteiger partial charge in [-0.25, -0.2) is 13.6 Å². The predicted molar refractivity (Wildman–Crippen MR) is 69.0 cm³/mol. The molecule has 0 aliphatic carbocycles. The van der Waals surface area contributed by atoms with E-state index in [0.29, 0.717) is 12.5 Å². The Morgan fingerprint density at radius 2 is 1.90 bits per heavy atom. The van der Waals surface area contributed by atoms with Crippen LogP contribution in [0.5, 0.6) is 0 Å². The quantitative estimate of drug-likeness (QED) is 0.688. The van der Waals surface area contributed by atoms with E-state index in [9.17, 15) is 13.6 Å². The van der Waals surface area contributed by atoms with Crippen molar-refractivity contribution in [2.45, 2.75) is 6.42 Å². The number of hydrogen-bond donors (Lipinski definition) is 1. The molecule has 1 heterocycles. The lowest BCUT2D eigenvalue weighted by atomic mass is 10.2. The molecule has 20 heavy (non-hydrogen) atoms. The first kappa shape index (κ1) is 13.9. The first-order valence-corrected chi connectivity index (χ1v) is 5.88. The molecule has 0 saturated carbocycles. The first-order valence-electron chi connectivity index (χ1n) is 5.88. The van der Waals surface area contributed by atoms with Crippen molar-refractivity contribution in [1.82, 2.24) is 4.98 Å². The molecule has 0 unspecified atom stereocenters. The van der Waals surface area contributed by atoms with Gasteiger partial charge in [0.15, 0.2) is 0 Å². The lowest BCUT2D eigenvalue weighted by Gasteiger charge is -2.07. The number of esters is 1. The van der Waals surface area contributed by atoms with Crippen molar-refractivity contribution in [3.8, 4) is 0 Å². The zero-order chi connectivity index (χ0) is 14.5. The number of benzene rings is 1. The highest BCUT2D eigenvalue weighted by atomic mass is 19.1. The van der Waals surface area contributed by atoms with E-state index in [2.05, 4.69) is 4.98 Å². The number of rotatable bonds is 4. The summed E-state index contributed by atoms with van der Waals surface area (Å²) in [5.74, 6) is -2.77. The highest BCUT2D eigenvalue weighted by molar-refractivity contribution is 5.90. The van der Waals surface area contributed by atoms with Gasteiger partial charge in [-0.1, -0.05) is 0 Å². The lowest BCUT2D eigenvalue weighted by molar-refractivity contribution is 0.0504. The van der Waals surface area contributed by atoms with E-state index in [1.54, 1.807) is 24.5 Å². The Bertz CT molecular complexity index is 618. The molecule has 2 aromatic rings. The summed E-state index contributed by atoms with van der Waals surface area (Å²) in [6.07, 6.45) is 3.72. The highest BCUT2D eigenvalue weighted by Gasteiger charge is 2.16. The molecule has 0 saturated heterocycles. The monoisotopic (exact) mass is 278 g/mol. The van der Waals surface area contributed by atoms with Gasteiger partial charge in [-0.05, 0) is 23.8 Å². The van der Waals surface area contributed by atoms with Crippen LogP contribution in [0.4, 0.5) is 14.5 Å². The van der Waals surface area contributed by atoms with Crippen LogP contribution in [0.3, 0.4) is 0 Å². The molecular formula is C14H12F2N2O2. The number of pyridine rings is 1. The minimum atomic E-state index is -0.995. The summed E-state index contributed by atoms with van der Waals surface area (Å²) < 4.78 is 31.3. The number of ether oxygens (including phenoxy) is 1. The zero-order valence-electron chi connectivity index (χ0n) is 10.5. The third-order valence-corrected chi connectivity index (χ3v) is 2.68. The van der Waals surface area contributed by atoms with Crippen LogP contribution in [-0.2, 0) is 11.2 Å². The van der Waals surface area contributed by atoms with E-state index < -0.39 is 17.6 Å². The maximum absolute atomic E-state index is 13.4. The number of halogens is 2. The van der Waals surface area contributed by atoms with Gasteiger partial charge in [-0.3, -0.25) is 4.98 Å². The van der Waals surface area contributed by atoms with Gasteiger partial charge in [-0.2, -0.15) is 0 Å². The molecule has 0 spiro atoms. The molecule has 1 aromatic carbocycles. The van der Waals surface area contributed by atoms with Crippen molar-refractivity contribution in [3.63, 3.8) is 0 Å². The number of nitrogen functional groups attached to an aromatic ring is 1. The summed E-state index contributed by atoms with van der Waals surface area (Å²) in [6.45, 7) is 0.0829. The second kappa shape index (κ2) is 6.10.